The molecule has 1 heterocycles. The number of amides is 2. The van der Waals surface area contributed by atoms with E-state index in [1.54, 1.807) is 42.5 Å². The van der Waals surface area contributed by atoms with E-state index in [0.717, 1.165) is 0 Å². The molecule has 0 radical (unpaired) electrons. The predicted molar refractivity (Wildman–Crippen MR) is 128 cm³/mol. The Balaban J connectivity index is 1.78. The lowest BCUT2D eigenvalue weighted by atomic mass is 10.0. The van der Waals surface area contributed by atoms with Crippen LogP contribution < -0.4 is 5.32 Å². The molecule has 1 unspecified atom stereocenters. The topological polar surface area (TPSA) is 75.2 Å². The summed E-state index contributed by atoms with van der Waals surface area (Å²) in [5.41, 5.74) is 1.74. The van der Waals surface area contributed by atoms with Crippen LogP contribution in [0, 0.1) is 5.82 Å². The van der Waals surface area contributed by atoms with Crippen LogP contribution in [0.15, 0.2) is 97.5 Å². The second-order valence-corrected chi connectivity index (χ2v) is 7.83. The van der Waals surface area contributed by atoms with Crippen LogP contribution in [0.5, 0.6) is 0 Å². The van der Waals surface area contributed by atoms with Gasteiger partial charge in [0.15, 0.2) is 0 Å². The molecule has 1 atom stereocenters. The van der Waals surface area contributed by atoms with Crippen molar-refractivity contribution in [3.05, 3.63) is 125 Å². The van der Waals surface area contributed by atoms with Gasteiger partial charge in [0.25, 0.3) is 11.8 Å². The Morgan fingerprint density at radius 3 is 2.32 bits per heavy atom. The maximum atomic E-state index is 13.6. The van der Waals surface area contributed by atoms with Gasteiger partial charge in [-0.15, -0.1) is 0 Å². The van der Waals surface area contributed by atoms with Crippen LogP contribution in [0.4, 0.5) is 10.1 Å². The van der Waals surface area contributed by atoms with Crippen molar-refractivity contribution in [2.24, 2.45) is 0 Å². The summed E-state index contributed by atoms with van der Waals surface area (Å²) in [4.78, 5) is 36.7. The second-order valence-electron chi connectivity index (χ2n) is 7.42. The van der Waals surface area contributed by atoms with E-state index in [2.05, 4.69) is 15.3 Å². The first-order valence-corrected chi connectivity index (χ1v) is 10.8. The average molecular weight is 475 g/mol. The van der Waals surface area contributed by atoms with Crippen LogP contribution in [0.25, 0.3) is 0 Å². The molecule has 8 heteroatoms. The number of benzene rings is 3. The lowest BCUT2D eigenvalue weighted by Gasteiger charge is -2.31. The SMILES string of the molecule is O=C(Nc1ccc(F)cc1)C(c1ccccc1)N(Cc1ccccc1Cl)C(=O)c1cnccn1. The first-order valence-electron chi connectivity index (χ1n) is 10.4. The number of hydrogen-bond donors (Lipinski definition) is 1. The zero-order valence-electron chi connectivity index (χ0n) is 17.9. The summed E-state index contributed by atoms with van der Waals surface area (Å²) in [6.07, 6.45) is 4.23. The molecule has 0 fully saturated rings. The fraction of sp³-hybridized carbons (Fsp3) is 0.0769. The molecule has 0 saturated carbocycles. The lowest BCUT2D eigenvalue weighted by molar-refractivity contribution is -0.121. The molecule has 4 aromatic rings. The maximum Gasteiger partial charge on any atom is 0.275 e. The smallest absolute Gasteiger partial charge is 0.275 e. The van der Waals surface area contributed by atoms with Gasteiger partial charge in [-0.2, -0.15) is 0 Å². The highest BCUT2D eigenvalue weighted by atomic mass is 35.5. The third kappa shape index (κ3) is 5.44. The molecule has 34 heavy (non-hydrogen) atoms. The van der Waals surface area contributed by atoms with E-state index in [9.17, 15) is 14.0 Å². The fourth-order valence-electron chi connectivity index (χ4n) is 3.50. The number of carbonyl (C=O) groups is 2. The molecule has 0 bridgehead atoms. The predicted octanol–water partition coefficient (Wildman–Crippen LogP) is 5.29. The molecule has 170 valence electrons. The van der Waals surface area contributed by atoms with Crippen LogP contribution >= 0.6 is 11.6 Å². The van der Waals surface area contributed by atoms with Crippen LogP contribution in [0.1, 0.15) is 27.7 Å². The number of nitrogens with zero attached hydrogens (tertiary/aromatic N) is 3. The van der Waals surface area contributed by atoms with Gasteiger partial charge in [0, 0.05) is 29.6 Å². The van der Waals surface area contributed by atoms with Gasteiger partial charge in [0.05, 0.1) is 6.20 Å². The molecule has 0 aliphatic rings. The van der Waals surface area contributed by atoms with Gasteiger partial charge in [-0.05, 0) is 41.5 Å². The van der Waals surface area contributed by atoms with Crippen molar-refractivity contribution in [2.75, 3.05) is 5.32 Å². The minimum absolute atomic E-state index is 0.0471. The van der Waals surface area contributed by atoms with Gasteiger partial charge in [0.1, 0.15) is 17.6 Å². The number of halogens is 2. The Bertz CT molecular complexity index is 1270. The van der Waals surface area contributed by atoms with Crippen LogP contribution in [0.3, 0.4) is 0 Å². The highest BCUT2D eigenvalue weighted by Gasteiger charge is 2.33. The number of nitrogens with one attached hydrogen (secondary N) is 1. The van der Waals surface area contributed by atoms with Gasteiger partial charge in [0.2, 0.25) is 0 Å². The molecule has 1 aromatic heterocycles. The van der Waals surface area contributed by atoms with Crippen LogP contribution in [0.2, 0.25) is 5.02 Å². The van der Waals surface area contributed by atoms with E-state index >= 15 is 0 Å². The van der Waals surface area contributed by atoms with E-state index in [-0.39, 0.29) is 12.2 Å². The lowest BCUT2D eigenvalue weighted by Crippen LogP contribution is -2.41. The summed E-state index contributed by atoms with van der Waals surface area (Å²) in [5, 5.41) is 3.25. The highest BCUT2D eigenvalue weighted by Crippen LogP contribution is 2.28. The molecule has 4 rings (SSSR count). The monoisotopic (exact) mass is 474 g/mol. The number of aromatic nitrogens is 2. The molecular weight excluding hydrogens is 455 g/mol. The first kappa shape index (κ1) is 23.1. The Morgan fingerprint density at radius 1 is 0.941 bits per heavy atom. The normalized spacial score (nSPS) is 11.5. The van der Waals surface area contributed by atoms with Crippen molar-refractivity contribution in [3.63, 3.8) is 0 Å². The fourth-order valence-corrected chi connectivity index (χ4v) is 3.69. The number of carbonyl (C=O) groups excluding carboxylic acids is 2. The second kappa shape index (κ2) is 10.7. The highest BCUT2D eigenvalue weighted by molar-refractivity contribution is 6.31. The number of rotatable bonds is 7. The third-order valence-electron chi connectivity index (χ3n) is 5.13. The van der Waals surface area contributed by atoms with Crippen molar-refractivity contribution in [1.29, 1.82) is 0 Å². The summed E-state index contributed by atoms with van der Waals surface area (Å²) in [6.45, 7) is 0.0471. The van der Waals surface area contributed by atoms with Gasteiger partial charge in [-0.1, -0.05) is 60.1 Å². The van der Waals surface area contributed by atoms with Crippen molar-refractivity contribution < 1.29 is 14.0 Å². The van der Waals surface area contributed by atoms with Crippen molar-refractivity contribution in [3.8, 4) is 0 Å². The quantitative estimate of drug-likeness (QED) is 0.395. The maximum absolute atomic E-state index is 13.6. The summed E-state index contributed by atoms with van der Waals surface area (Å²) < 4.78 is 13.4. The van der Waals surface area contributed by atoms with E-state index in [4.69, 9.17) is 11.6 Å². The summed E-state index contributed by atoms with van der Waals surface area (Å²) in [6, 6.07) is 20.4. The molecule has 1 N–H and O–H groups in total. The van der Waals surface area contributed by atoms with Gasteiger partial charge in [-0.3, -0.25) is 14.6 Å². The van der Waals surface area contributed by atoms with Gasteiger partial charge in [-0.25, -0.2) is 9.37 Å². The summed E-state index contributed by atoms with van der Waals surface area (Å²) in [7, 11) is 0. The molecule has 0 aliphatic heterocycles. The zero-order chi connectivity index (χ0) is 23.9. The average Bonchev–Trinajstić information content (AvgIpc) is 2.87. The minimum atomic E-state index is -1.03. The molecular formula is C26H20ClFN4O2. The minimum Gasteiger partial charge on any atom is -0.324 e. The van der Waals surface area contributed by atoms with Gasteiger partial charge >= 0.3 is 0 Å². The van der Waals surface area contributed by atoms with E-state index < -0.39 is 23.7 Å². The molecule has 0 saturated heterocycles. The first-order chi connectivity index (χ1) is 16.5. The molecule has 0 spiro atoms. The molecule has 6 nitrogen and oxygen atoms in total. The van der Waals surface area contributed by atoms with Crippen molar-refractivity contribution in [1.82, 2.24) is 14.9 Å². The molecule has 2 amide bonds. The Kier molecular flexibility index (Phi) is 7.25. The zero-order valence-corrected chi connectivity index (χ0v) is 18.7. The number of anilines is 1. The molecule has 0 aliphatic carbocycles. The van der Waals surface area contributed by atoms with E-state index in [1.165, 1.54) is 47.8 Å². The standard InChI is InChI=1S/C26H20ClFN4O2/c27-22-9-5-4-8-19(22)17-32(26(34)23-16-29-14-15-30-23)24(18-6-2-1-3-7-18)25(33)31-21-12-10-20(28)11-13-21/h1-16,24H,17H2,(H,31,33). The number of hydrogen-bond acceptors (Lipinski definition) is 4. The van der Waals surface area contributed by atoms with E-state index in [1.807, 2.05) is 12.1 Å². The molecule has 3 aromatic carbocycles. The van der Waals surface area contributed by atoms with Crippen molar-refractivity contribution >= 4 is 29.1 Å². The Labute approximate surface area is 201 Å². The summed E-state index contributed by atoms with van der Waals surface area (Å²) in [5.74, 6) is -1.38. The van der Waals surface area contributed by atoms with Crippen LogP contribution in [-0.4, -0.2) is 26.7 Å². The van der Waals surface area contributed by atoms with E-state index in [0.29, 0.717) is 21.8 Å². The Hall–Kier alpha value is -4.10. The van der Waals surface area contributed by atoms with Crippen molar-refractivity contribution in [2.45, 2.75) is 12.6 Å². The van der Waals surface area contributed by atoms with Gasteiger partial charge < -0.3 is 10.2 Å². The Morgan fingerprint density at radius 2 is 1.65 bits per heavy atom. The van der Waals surface area contributed by atoms with Crippen LogP contribution in [-0.2, 0) is 11.3 Å². The summed E-state index contributed by atoms with van der Waals surface area (Å²) >= 11 is 6.39. The third-order valence-corrected chi connectivity index (χ3v) is 5.50. The largest absolute Gasteiger partial charge is 0.324 e.